The van der Waals surface area contributed by atoms with Crippen LogP contribution in [0.2, 0.25) is 0 Å². The topological polar surface area (TPSA) is 149 Å². The highest BCUT2D eigenvalue weighted by molar-refractivity contribution is 5.94. The third kappa shape index (κ3) is 6.71. The van der Waals surface area contributed by atoms with Crippen molar-refractivity contribution in [3.63, 3.8) is 0 Å². The molecular formula is C23H26N6O4. The van der Waals surface area contributed by atoms with Crippen LogP contribution < -0.4 is 21.5 Å². The highest BCUT2D eigenvalue weighted by atomic mass is 16.3. The molecule has 172 valence electrons. The molecule has 1 aromatic carbocycles. The molecule has 0 aliphatic rings. The second-order valence-corrected chi connectivity index (χ2v) is 7.26. The van der Waals surface area contributed by atoms with E-state index in [1.807, 2.05) is 31.2 Å². The minimum Gasteiger partial charge on any atom is -0.395 e. The molecule has 0 aliphatic heterocycles. The number of nitrogens with one attached hydrogen (secondary N) is 4. The van der Waals surface area contributed by atoms with Gasteiger partial charge in [0, 0.05) is 24.8 Å². The highest BCUT2D eigenvalue weighted by Gasteiger charge is 2.10. The summed E-state index contributed by atoms with van der Waals surface area (Å²) >= 11 is 0. The van der Waals surface area contributed by atoms with E-state index in [1.54, 1.807) is 18.2 Å². The van der Waals surface area contributed by atoms with Crippen molar-refractivity contribution >= 4 is 23.3 Å². The number of benzene rings is 1. The van der Waals surface area contributed by atoms with Crippen molar-refractivity contribution in [2.75, 3.05) is 25.0 Å². The van der Waals surface area contributed by atoms with E-state index in [-0.39, 0.29) is 37.1 Å². The quantitative estimate of drug-likeness (QED) is 0.313. The Balaban J connectivity index is 1.75. The number of aliphatic hydroxyl groups excluding tert-OH is 1. The Hall–Kier alpha value is -4.05. The number of amides is 2. The van der Waals surface area contributed by atoms with Crippen LogP contribution in [-0.4, -0.2) is 51.8 Å². The zero-order valence-corrected chi connectivity index (χ0v) is 18.2. The van der Waals surface area contributed by atoms with Crippen LogP contribution in [0.4, 0.5) is 11.5 Å². The van der Waals surface area contributed by atoms with Gasteiger partial charge in [-0.15, -0.1) is 0 Å². The van der Waals surface area contributed by atoms with Gasteiger partial charge in [-0.3, -0.25) is 14.4 Å². The first-order valence-corrected chi connectivity index (χ1v) is 10.6. The summed E-state index contributed by atoms with van der Waals surface area (Å²) in [5.41, 5.74) is 2.24. The fourth-order valence-electron chi connectivity index (χ4n) is 3.01. The van der Waals surface area contributed by atoms with Crippen molar-refractivity contribution in [1.29, 1.82) is 0 Å². The van der Waals surface area contributed by atoms with Crippen LogP contribution in [0.25, 0.3) is 11.3 Å². The van der Waals surface area contributed by atoms with Gasteiger partial charge in [0.2, 0.25) is 5.91 Å². The number of anilines is 2. The minimum absolute atomic E-state index is 0.0506. The van der Waals surface area contributed by atoms with E-state index in [9.17, 15) is 14.4 Å². The van der Waals surface area contributed by atoms with E-state index in [0.717, 1.165) is 17.5 Å². The van der Waals surface area contributed by atoms with Gasteiger partial charge in [0.25, 0.3) is 11.5 Å². The fourth-order valence-corrected chi connectivity index (χ4v) is 3.01. The average molecular weight is 450 g/mol. The second kappa shape index (κ2) is 11.5. The first-order chi connectivity index (χ1) is 16.0. The van der Waals surface area contributed by atoms with Gasteiger partial charge in [-0.1, -0.05) is 25.1 Å². The van der Waals surface area contributed by atoms with Gasteiger partial charge in [-0.2, -0.15) is 5.10 Å². The van der Waals surface area contributed by atoms with Crippen molar-refractivity contribution in [1.82, 2.24) is 25.8 Å². The molecule has 0 fully saturated rings. The van der Waals surface area contributed by atoms with Crippen molar-refractivity contribution in [2.45, 2.75) is 19.8 Å². The standard InChI is InChI=1S/C23H26N6O4/c1-2-8-24-21(31)12-15-4-3-5-16(11-15)18-13-19(23(33)29-28-18)27-20-7-6-17(14-26-20)22(32)25-9-10-30/h3-7,11,13-14,30H,2,8-10,12H2,1H3,(H,24,31)(H,25,32)(H,29,33)(H,26,27,28). The van der Waals surface area contributed by atoms with E-state index in [2.05, 4.69) is 31.1 Å². The molecule has 2 heterocycles. The predicted octanol–water partition coefficient (Wildman–Crippen LogP) is 1.37. The molecule has 3 rings (SSSR count). The van der Waals surface area contributed by atoms with Gasteiger partial charge in [0.05, 0.1) is 24.3 Å². The Labute approximate surface area is 190 Å². The first-order valence-electron chi connectivity index (χ1n) is 10.6. The minimum atomic E-state index is -0.430. The van der Waals surface area contributed by atoms with E-state index in [0.29, 0.717) is 23.6 Å². The molecule has 0 saturated carbocycles. The monoisotopic (exact) mass is 450 g/mol. The zero-order valence-electron chi connectivity index (χ0n) is 18.2. The lowest BCUT2D eigenvalue weighted by molar-refractivity contribution is -0.120. The molecule has 0 aliphatic carbocycles. The lowest BCUT2D eigenvalue weighted by Gasteiger charge is -2.09. The van der Waals surface area contributed by atoms with Crippen molar-refractivity contribution < 1.29 is 14.7 Å². The van der Waals surface area contributed by atoms with Gasteiger partial charge >= 0.3 is 0 Å². The van der Waals surface area contributed by atoms with E-state index >= 15 is 0 Å². The summed E-state index contributed by atoms with van der Waals surface area (Å²) in [4.78, 5) is 40.3. The van der Waals surface area contributed by atoms with Crippen molar-refractivity contribution in [2.24, 2.45) is 0 Å². The van der Waals surface area contributed by atoms with E-state index < -0.39 is 5.56 Å². The number of hydrogen-bond acceptors (Lipinski definition) is 7. The Morgan fingerprint density at radius 2 is 1.94 bits per heavy atom. The fraction of sp³-hybridized carbons (Fsp3) is 0.261. The molecule has 2 amide bonds. The number of carbonyl (C=O) groups is 2. The molecule has 10 nitrogen and oxygen atoms in total. The maximum absolute atomic E-state index is 12.3. The summed E-state index contributed by atoms with van der Waals surface area (Å²) in [6.45, 7) is 2.63. The summed E-state index contributed by atoms with van der Waals surface area (Å²) < 4.78 is 0. The molecule has 0 radical (unpaired) electrons. The van der Waals surface area contributed by atoms with Crippen LogP contribution in [-0.2, 0) is 11.2 Å². The molecular weight excluding hydrogens is 424 g/mol. The summed E-state index contributed by atoms with van der Waals surface area (Å²) in [6.07, 6.45) is 2.50. The molecule has 10 heteroatoms. The molecule has 0 unspecified atom stereocenters. The molecule has 33 heavy (non-hydrogen) atoms. The highest BCUT2D eigenvalue weighted by Crippen LogP contribution is 2.21. The SMILES string of the molecule is CCCNC(=O)Cc1cccc(-c2cc(Nc3ccc(C(=O)NCCO)cn3)c(=O)[nH]n2)c1. The third-order valence-electron chi connectivity index (χ3n) is 4.65. The summed E-state index contributed by atoms with van der Waals surface area (Å²) in [5.74, 6) is -0.0292. The van der Waals surface area contributed by atoms with Crippen LogP contribution in [0.1, 0.15) is 29.3 Å². The smallest absolute Gasteiger partial charge is 0.287 e. The molecule has 0 bridgehead atoms. The molecule has 0 saturated heterocycles. The number of aromatic nitrogens is 3. The number of H-pyrrole nitrogens is 1. The summed E-state index contributed by atoms with van der Waals surface area (Å²) in [6, 6.07) is 12.1. The van der Waals surface area contributed by atoms with E-state index in [1.165, 1.54) is 6.20 Å². The van der Waals surface area contributed by atoms with Crippen molar-refractivity contribution in [3.05, 3.63) is 70.1 Å². The average Bonchev–Trinajstić information content (AvgIpc) is 2.83. The second-order valence-electron chi connectivity index (χ2n) is 7.26. The molecule has 0 atom stereocenters. The van der Waals surface area contributed by atoms with Gasteiger partial charge in [0.15, 0.2) is 0 Å². The van der Waals surface area contributed by atoms with Crippen LogP contribution in [0.3, 0.4) is 0 Å². The number of aliphatic hydroxyl groups is 1. The van der Waals surface area contributed by atoms with Gasteiger partial charge in [0.1, 0.15) is 11.5 Å². The molecule has 5 N–H and O–H groups in total. The predicted molar refractivity (Wildman–Crippen MR) is 124 cm³/mol. The van der Waals surface area contributed by atoms with Crippen LogP contribution in [0, 0.1) is 0 Å². The number of carbonyl (C=O) groups excluding carboxylic acids is 2. The lowest BCUT2D eigenvalue weighted by Crippen LogP contribution is -2.26. The first kappa shape index (κ1) is 23.6. The molecule has 2 aromatic heterocycles. The lowest BCUT2D eigenvalue weighted by atomic mass is 10.1. The Kier molecular flexibility index (Phi) is 8.25. The normalized spacial score (nSPS) is 10.5. The molecule has 3 aromatic rings. The maximum atomic E-state index is 12.3. The summed E-state index contributed by atoms with van der Waals surface area (Å²) in [7, 11) is 0. The number of aromatic amines is 1. The van der Waals surface area contributed by atoms with Crippen LogP contribution in [0.15, 0.2) is 53.5 Å². The number of rotatable bonds is 10. The van der Waals surface area contributed by atoms with E-state index in [4.69, 9.17) is 5.11 Å². The summed E-state index contributed by atoms with van der Waals surface area (Å²) in [5, 5.41) is 23.7. The zero-order chi connectivity index (χ0) is 23.6. The molecule has 0 spiro atoms. The van der Waals surface area contributed by atoms with Gasteiger partial charge < -0.3 is 21.1 Å². The largest absolute Gasteiger partial charge is 0.395 e. The van der Waals surface area contributed by atoms with Crippen LogP contribution >= 0.6 is 0 Å². The van der Waals surface area contributed by atoms with Crippen molar-refractivity contribution in [3.8, 4) is 11.3 Å². The Morgan fingerprint density at radius 3 is 2.67 bits per heavy atom. The third-order valence-corrected chi connectivity index (χ3v) is 4.65. The van der Waals surface area contributed by atoms with Gasteiger partial charge in [-0.05, 0) is 36.2 Å². The van der Waals surface area contributed by atoms with Gasteiger partial charge in [-0.25, -0.2) is 10.1 Å². The Bertz CT molecular complexity index is 1160. The number of hydrogen-bond donors (Lipinski definition) is 5. The number of nitrogens with zero attached hydrogens (tertiary/aromatic N) is 2. The Morgan fingerprint density at radius 1 is 1.09 bits per heavy atom. The maximum Gasteiger partial charge on any atom is 0.287 e. The number of pyridine rings is 1. The van der Waals surface area contributed by atoms with Crippen LogP contribution in [0.5, 0.6) is 0 Å².